The van der Waals surface area contributed by atoms with Crippen LogP contribution in [0.1, 0.15) is 22.4 Å². The molecule has 2 heterocycles. The molecule has 6 heteroatoms. The first-order valence-corrected chi connectivity index (χ1v) is 9.71. The highest BCUT2D eigenvalue weighted by molar-refractivity contribution is 5.94. The van der Waals surface area contributed by atoms with E-state index in [1.807, 2.05) is 57.2 Å². The van der Waals surface area contributed by atoms with Crippen LogP contribution in [0.5, 0.6) is 11.8 Å². The first-order valence-electron chi connectivity index (χ1n) is 9.71. The molecule has 0 fully saturated rings. The third-order valence-corrected chi connectivity index (χ3v) is 5.05. The summed E-state index contributed by atoms with van der Waals surface area (Å²) in [6.07, 6.45) is 3.51. The van der Waals surface area contributed by atoms with Gasteiger partial charge in [0.1, 0.15) is 5.75 Å². The molecule has 30 heavy (non-hydrogen) atoms. The van der Waals surface area contributed by atoms with Gasteiger partial charge in [-0.05, 0) is 67.8 Å². The fourth-order valence-corrected chi connectivity index (χ4v) is 3.47. The molecule has 4 rings (SSSR count). The average Bonchev–Trinajstić information content (AvgIpc) is 2.74. The highest BCUT2D eigenvalue weighted by Gasteiger charge is 2.14. The summed E-state index contributed by atoms with van der Waals surface area (Å²) < 4.78 is 5.64. The van der Waals surface area contributed by atoms with Crippen molar-refractivity contribution in [2.24, 2.45) is 0 Å². The first-order chi connectivity index (χ1) is 14.5. The zero-order chi connectivity index (χ0) is 21.1. The van der Waals surface area contributed by atoms with E-state index in [1.165, 1.54) is 0 Å². The van der Waals surface area contributed by atoms with E-state index < -0.39 is 0 Å². The molecular formula is C24H22N4O2. The molecular weight excluding hydrogens is 376 g/mol. The number of nitrogens with zero attached hydrogens (tertiary/aromatic N) is 3. The maximum atomic E-state index is 12.8. The Morgan fingerprint density at radius 2 is 1.77 bits per heavy atom. The second-order valence-corrected chi connectivity index (χ2v) is 7.15. The summed E-state index contributed by atoms with van der Waals surface area (Å²) >= 11 is 0. The van der Waals surface area contributed by atoms with Gasteiger partial charge in [-0.3, -0.25) is 9.78 Å². The van der Waals surface area contributed by atoms with Crippen LogP contribution in [0.4, 0.5) is 5.69 Å². The lowest BCUT2D eigenvalue weighted by Gasteiger charge is -2.14. The average molecular weight is 398 g/mol. The van der Waals surface area contributed by atoms with Gasteiger partial charge in [0.15, 0.2) is 0 Å². The van der Waals surface area contributed by atoms with Crippen molar-refractivity contribution in [2.75, 3.05) is 5.32 Å². The number of ether oxygens (including phenoxy) is 1. The third-order valence-electron chi connectivity index (χ3n) is 5.05. The van der Waals surface area contributed by atoms with Crippen molar-refractivity contribution in [3.8, 4) is 11.8 Å². The van der Waals surface area contributed by atoms with Gasteiger partial charge in [0.05, 0.1) is 11.9 Å². The van der Waals surface area contributed by atoms with E-state index >= 15 is 0 Å². The number of carbonyl (C=O) groups excluding carboxylic acids is 1. The lowest BCUT2D eigenvalue weighted by atomic mass is 9.99. The number of anilines is 1. The number of rotatable bonds is 5. The van der Waals surface area contributed by atoms with E-state index in [4.69, 9.17) is 4.74 Å². The smallest absolute Gasteiger partial charge is 0.321 e. The molecule has 0 spiro atoms. The van der Waals surface area contributed by atoms with Crippen molar-refractivity contribution in [1.29, 1.82) is 0 Å². The second kappa shape index (κ2) is 8.29. The SMILES string of the molecule is Cc1cc(Oc2ncccn2)ccc1NC(=O)Cc1c(C)nc2ccccc2c1C. The van der Waals surface area contributed by atoms with Crippen molar-refractivity contribution in [1.82, 2.24) is 15.0 Å². The standard InChI is InChI=1S/C24H22N4O2/c1-15-13-18(30-24-25-11-6-12-26-24)9-10-21(15)28-23(29)14-20-16(2)19-7-4-5-8-22(19)27-17(20)3/h4-13H,14H2,1-3H3,(H,28,29). The summed E-state index contributed by atoms with van der Waals surface area (Å²) in [6, 6.07) is 15.5. The zero-order valence-corrected chi connectivity index (χ0v) is 17.1. The van der Waals surface area contributed by atoms with E-state index in [0.717, 1.165) is 39.0 Å². The molecule has 2 aromatic carbocycles. The van der Waals surface area contributed by atoms with Gasteiger partial charge in [-0.15, -0.1) is 0 Å². The van der Waals surface area contributed by atoms with Gasteiger partial charge in [0.2, 0.25) is 5.91 Å². The number of fused-ring (bicyclic) bond motifs is 1. The van der Waals surface area contributed by atoms with E-state index in [1.54, 1.807) is 24.5 Å². The normalized spacial score (nSPS) is 10.8. The molecule has 4 aromatic rings. The molecule has 0 saturated heterocycles. The number of aryl methyl sites for hydroxylation is 3. The number of amides is 1. The zero-order valence-electron chi connectivity index (χ0n) is 17.1. The molecule has 0 radical (unpaired) electrons. The van der Waals surface area contributed by atoms with Gasteiger partial charge >= 0.3 is 6.01 Å². The minimum atomic E-state index is -0.0820. The van der Waals surface area contributed by atoms with Gasteiger partial charge < -0.3 is 10.1 Å². The minimum Gasteiger partial charge on any atom is -0.424 e. The lowest BCUT2D eigenvalue weighted by molar-refractivity contribution is -0.115. The van der Waals surface area contributed by atoms with Crippen molar-refractivity contribution >= 4 is 22.5 Å². The van der Waals surface area contributed by atoms with Crippen LogP contribution in [0.15, 0.2) is 60.9 Å². The monoisotopic (exact) mass is 398 g/mol. The van der Waals surface area contributed by atoms with Gasteiger partial charge in [0.25, 0.3) is 0 Å². The third kappa shape index (κ3) is 4.12. The number of carbonyl (C=O) groups is 1. The molecule has 1 amide bonds. The molecule has 0 saturated carbocycles. The number of aromatic nitrogens is 3. The first kappa shape index (κ1) is 19.5. The van der Waals surface area contributed by atoms with E-state index in [0.29, 0.717) is 5.75 Å². The van der Waals surface area contributed by atoms with Crippen LogP contribution in [-0.4, -0.2) is 20.9 Å². The summed E-state index contributed by atoms with van der Waals surface area (Å²) in [5.41, 5.74) is 5.52. The maximum absolute atomic E-state index is 12.8. The Labute approximate surface area is 175 Å². The van der Waals surface area contributed by atoms with Gasteiger partial charge in [-0.25, -0.2) is 9.97 Å². The number of para-hydroxylation sites is 1. The number of benzene rings is 2. The fourth-order valence-electron chi connectivity index (χ4n) is 3.47. The predicted molar refractivity (Wildman–Crippen MR) is 117 cm³/mol. The Morgan fingerprint density at radius 1 is 1.00 bits per heavy atom. The molecule has 0 aliphatic rings. The number of hydrogen-bond donors (Lipinski definition) is 1. The Morgan fingerprint density at radius 3 is 2.53 bits per heavy atom. The van der Waals surface area contributed by atoms with E-state index in [-0.39, 0.29) is 18.3 Å². The second-order valence-electron chi connectivity index (χ2n) is 7.15. The Hall–Kier alpha value is -3.80. The van der Waals surface area contributed by atoms with Crippen molar-refractivity contribution < 1.29 is 9.53 Å². The molecule has 0 unspecified atom stereocenters. The Kier molecular flexibility index (Phi) is 5.39. The Balaban J connectivity index is 1.50. The molecule has 0 aliphatic carbocycles. The van der Waals surface area contributed by atoms with Crippen LogP contribution in [0.2, 0.25) is 0 Å². The van der Waals surface area contributed by atoms with Crippen LogP contribution in [0.3, 0.4) is 0 Å². The molecule has 0 atom stereocenters. The summed E-state index contributed by atoms with van der Waals surface area (Å²) in [4.78, 5) is 25.5. The van der Waals surface area contributed by atoms with Crippen molar-refractivity contribution in [3.63, 3.8) is 0 Å². The predicted octanol–water partition coefficient (Wildman–Crippen LogP) is 4.92. The highest BCUT2D eigenvalue weighted by Crippen LogP contribution is 2.26. The number of nitrogens with one attached hydrogen (secondary N) is 1. The van der Waals surface area contributed by atoms with Gasteiger partial charge in [0, 0.05) is 29.2 Å². The fraction of sp³-hybridized carbons (Fsp3) is 0.167. The molecule has 0 bridgehead atoms. The van der Waals surface area contributed by atoms with Gasteiger partial charge in [-0.2, -0.15) is 0 Å². The maximum Gasteiger partial charge on any atom is 0.321 e. The topological polar surface area (TPSA) is 77.0 Å². The quantitative estimate of drug-likeness (QED) is 0.516. The molecule has 6 nitrogen and oxygen atoms in total. The summed E-state index contributed by atoms with van der Waals surface area (Å²) in [5, 5.41) is 4.07. The van der Waals surface area contributed by atoms with Crippen LogP contribution >= 0.6 is 0 Å². The Bertz CT molecular complexity index is 1220. The summed E-state index contributed by atoms with van der Waals surface area (Å²) in [7, 11) is 0. The van der Waals surface area contributed by atoms with Crippen LogP contribution in [0.25, 0.3) is 10.9 Å². The molecule has 150 valence electrons. The van der Waals surface area contributed by atoms with E-state index in [9.17, 15) is 4.79 Å². The minimum absolute atomic E-state index is 0.0820. The number of hydrogen-bond acceptors (Lipinski definition) is 5. The molecule has 1 N–H and O–H groups in total. The largest absolute Gasteiger partial charge is 0.424 e. The van der Waals surface area contributed by atoms with Crippen LogP contribution in [-0.2, 0) is 11.2 Å². The van der Waals surface area contributed by atoms with Crippen LogP contribution < -0.4 is 10.1 Å². The summed E-state index contributed by atoms with van der Waals surface area (Å²) in [6.45, 7) is 5.91. The molecule has 2 aromatic heterocycles. The van der Waals surface area contributed by atoms with Crippen LogP contribution in [0, 0.1) is 20.8 Å². The van der Waals surface area contributed by atoms with E-state index in [2.05, 4.69) is 20.3 Å². The van der Waals surface area contributed by atoms with Crippen molar-refractivity contribution in [2.45, 2.75) is 27.2 Å². The lowest BCUT2D eigenvalue weighted by Crippen LogP contribution is -2.17. The highest BCUT2D eigenvalue weighted by atomic mass is 16.5. The van der Waals surface area contributed by atoms with Crippen molar-refractivity contribution in [3.05, 3.63) is 83.3 Å². The van der Waals surface area contributed by atoms with Gasteiger partial charge in [-0.1, -0.05) is 18.2 Å². The molecule has 0 aliphatic heterocycles. The summed E-state index contributed by atoms with van der Waals surface area (Å²) in [5.74, 6) is 0.531. The number of pyridine rings is 1.